The quantitative estimate of drug-likeness (QED) is 0.0252. The largest absolute Gasteiger partial charge is 0.396 e. The van der Waals surface area contributed by atoms with Gasteiger partial charge in [-0.3, -0.25) is 28.8 Å². The van der Waals surface area contributed by atoms with Crippen LogP contribution in [-0.2, 0) is 61.9 Å². The van der Waals surface area contributed by atoms with Gasteiger partial charge in [0.15, 0.2) is 6.29 Å². The van der Waals surface area contributed by atoms with Crippen LogP contribution in [0, 0.1) is 17.3 Å². The summed E-state index contributed by atoms with van der Waals surface area (Å²) >= 11 is 0. The molecule has 0 spiro atoms. The van der Waals surface area contributed by atoms with Gasteiger partial charge in [-0.2, -0.15) is 0 Å². The second-order valence-electron chi connectivity index (χ2n) is 23.7. The average molecular weight is 1280 g/mol. The number of aliphatic hydroxyl groups excluding tert-OH is 9. The summed E-state index contributed by atoms with van der Waals surface area (Å²) in [6.07, 6.45) is -4.08. The van der Waals surface area contributed by atoms with Crippen molar-refractivity contribution >= 4 is 35.4 Å². The maximum Gasteiger partial charge on any atom is 0.222 e. The Morgan fingerprint density at radius 2 is 0.719 bits per heavy atom. The van der Waals surface area contributed by atoms with E-state index in [4.69, 9.17) is 50.4 Å². The number of aliphatic hydroxyl groups is 9. The Kier molecular flexibility index (Phi) is 40.4. The molecule has 1 aliphatic heterocycles. The molecule has 3 aliphatic rings. The predicted octanol–water partition coefficient (Wildman–Crippen LogP) is -5.73. The van der Waals surface area contributed by atoms with Crippen LogP contribution in [0.5, 0.6) is 0 Å². The molecule has 15 atom stereocenters. The van der Waals surface area contributed by atoms with Gasteiger partial charge in [-0.05, 0) is 70.6 Å². The monoisotopic (exact) mass is 1280 g/mol. The normalized spacial score (nSPS) is 27.7. The molecule has 0 bridgehead atoms. The zero-order valence-corrected chi connectivity index (χ0v) is 52.0. The first kappa shape index (κ1) is 79.3. The number of rotatable bonds is 48. The topological polar surface area (TPSA) is 499 Å². The van der Waals surface area contributed by atoms with Gasteiger partial charge in [-0.1, -0.05) is 6.92 Å². The molecule has 0 aromatic heterocycles. The van der Waals surface area contributed by atoms with Crippen LogP contribution in [0.15, 0.2) is 0 Å². The number of hydrogen-bond donors (Lipinski definition) is 18. The van der Waals surface area contributed by atoms with Gasteiger partial charge >= 0.3 is 0 Å². The summed E-state index contributed by atoms with van der Waals surface area (Å²) in [5.41, 5.74) is 17.1. The van der Waals surface area contributed by atoms with Gasteiger partial charge in [0.05, 0.1) is 101 Å². The van der Waals surface area contributed by atoms with Gasteiger partial charge in [0.25, 0.3) is 0 Å². The molecule has 89 heavy (non-hydrogen) atoms. The third-order valence-corrected chi connectivity index (χ3v) is 15.9. The third-order valence-electron chi connectivity index (χ3n) is 15.9. The Labute approximate surface area is 522 Å². The standard InChI is InChI=1S/C58H109N9O22/c1-58(34-83-26-14-45(74)65-20-8-17-62-42(71)11-2-5-23-86-39-29-37(31-68)51(77)54(80)48(39)59,35-84-27-15-46(75)66-21-9-18-63-43(72)12-3-6-24-87-40-30-38(32-69)52(78)55(81)49(40)60)36-85-28-16-47(76)67-22-10-19-64-44(73)13-4-7-25-88-57-50(61)56(82)53(79)41(33-70)89-57/h37-41,48-57,68-70,77-82H,2-36,59-61H2,1H3,(H,62,71)(H,63,72)(H,64,73)(H,65,74)(H,66,75)(H,67,76). The minimum atomic E-state index is -1.33. The Balaban J connectivity index is 1.29. The van der Waals surface area contributed by atoms with E-state index < -0.39 is 103 Å². The second-order valence-corrected chi connectivity index (χ2v) is 23.7. The number of carbonyl (C=O) groups excluding carboxylic acids is 6. The van der Waals surface area contributed by atoms with Gasteiger partial charge in [-0.25, -0.2) is 0 Å². The van der Waals surface area contributed by atoms with Crippen LogP contribution in [0.2, 0.25) is 0 Å². The summed E-state index contributed by atoms with van der Waals surface area (Å²) < 4.78 is 40.3. The zero-order chi connectivity index (χ0) is 65.6. The first-order chi connectivity index (χ1) is 42.6. The molecule has 31 nitrogen and oxygen atoms in total. The summed E-state index contributed by atoms with van der Waals surface area (Å²) in [5, 5.41) is 106. The SMILES string of the molecule is CC(COCCC(=O)NCCCNC(=O)CCCCOC1CC(CO)C(O)C(O)C1N)(COCCC(=O)NCCCNC(=O)CCCCOC1CC(CO)C(O)C(O)C1N)COCCC(=O)NCCCNC(=O)CCCCOC1OC(CO)C(O)C(O)C1N. The summed E-state index contributed by atoms with van der Waals surface area (Å²) in [7, 11) is 0. The molecule has 6 amide bonds. The van der Waals surface area contributed by atoms with Crippen LogP contribution < -0.4 is 49.1 Å². The van der Waals surface area contributed by atoms with Crippen LogP contribution in [-0.4, -0.2) is 279 Å². The second kappa shape index (κ2) is 45.4. The average Bonchev–Trinajstić information content (AvgIpc) is 2.00. The molecule has 1 heterocycles. The number of carbonyl (C=O) groups is 6. The molecule has 2 saturated carbocycles. The van der Waals surface area contributed by atoms with Crippen molar-refractivity contribution < 1.29 is 108 Å². The fourth-order valence-electron chi connectivity index (χ4n) is 10.2. The molecular weight excluding hydrogens is 1170 g/mol. The zero-order valence-electron chi connectivity index (χ0n) is 52.0. The minimum Gasteiger partial charge on any atom is -0.396 e. The molecule has 3 rings (SSSR count). The summed E-state index contributed by atoms with van der Waals surface area (Å²) in [5.74, 6) is -2.28. The number of hydrogen-bond acceptors (Lipinski definition) is 25. The maximum absolute atomic E-state index is 12.6. The van der Waals surface area contributed by atoms with Crippen LogP contribution >= 0.6 is 0 Å². The van der Waals surface area contributed by atoms with E-state index in [2.05, 4.69) is 31.9 Å². The lowest BCUT2D eigenvalue weighted by Gasteiger charge is -2.40. The lowest BCUT2D eigenvalue weighted by molar-refractivity contribution is -0.265. The fraction of sp³-hybridized carbons (Fsp3) is 0.897. The van der Waals surface area contributed by atoms with Gasteiger partial charge in [0.1, 0.15) is 18.3 Å². The first-order valence-corrected chi connectivity index (χ1v) is 31.7. The van der Waals surface area contributed by atoms with Crippen molar-refractivity contribution in [2.24, 2.45) is 34.5 Å². The highest BCUT2D eigenvalue weighted by molar-refractivity contribution is 5.78. The molecule has 0 aromatic carbocycles. The van der Waals surface area contributed by atoms with E-state index in [9.17, 15) is 74.7 Å². The number of amides is 6. The molecule has 0 radical (unpaired) electrons. The van der Waals surface area contributed by atoms with Gasteiger partial charge in [-0.15, -0.1) is 0 Å². The predicted molar refractivity (Wildman–Crippen MR) is 319 cm³/mol. The summed E-state index contributed by atoms with van der Waals surface area (Å²) in [6, 6.07) is -2.57. The lowest BCUT2D eigenvalue weighted by atomic mass is 9.80. The van der Waals surface area contributed by atoms with Gasteiger partial charge in [0.2, 0.25) is 35.4 Å². The lowest BCUT2D eigenvalue weighted by Crippen LogP contribution is -2.62. The molecular formula is C58H109N9O22. The summed E-state index contributed by atoms with van der Waals surface area (Å²) in [6.45, 7) is 4.14. The van der Waals surface area contributed by atoms with Crippen molar-refractivity contribution in [3.8, 4) is 0 Å². The van der Waals surface area contributed by atoms with E-state index in [1.165, 1.54) is 0 Å². The molecule has 31 heteroatoms. The minimum absolute atomic E-state index is 0.0523. The molecule has 1 saturated heterocycles. The van der Waals surface area contributed by atoms with Crippen molar-refractivity contribution in [3.05, 3.63) is 0 Å². The van der Waals surface area contributed by atoms with Crippen LogP contribution in [0.4, 0.5) is 0 Å². The van der Waals surface area contributed by atoms with E-state index in [-0.39, 0.29) is 133 Å². The first-order valence-electron chi connectivity index (χ1n) is 31.7. The number of nitrogens with two attached hydrogens (primary N) is 3. The van der Waals surface area contributed by atoms with E-state index in [1.807, 2.05) is 6.92 Å². The van der Waals surface area contributed by atoms with Crippen molar-refractivity contribution in [2.45, 2.75) is 195 Å². The Hall–Kier alpha value is -3.94. The number of unbranched alkanes of at least 4 members (excludes halogenated alkanes) is 3. The molecule has 15 unspecified atom stereocenters. The number of ether oxygens (including phenoxy) is 7. The third kappa shape index (κ3) is 31.5. The molecule has 2 aliphatic carbocycles. The molecule has 21 N–H and O–H groups in total. The Morgan fingerprint density at radius 1 is 0.404 bits per heavy atom. The summed E-state index contributed by atoms with van der Waals surface area (Å²) in [4.78, 5) is 74.9. The van der Waals surface area contributed by atoms with E-state index in [0.717, 1.165) is 0 Å². The Bertz CT molecular complexity index is 1780. The fourth-order valence-corrected chi connectivity index (χ4v) is 10.2. The molecule has 518 valence electrons. The van der Waals surface area contributed by atoms with Crippen molar-refractivity contribution in [3.63, 3.8) is 0 Å². The van der Waals surface area contributed by atoms with Crippen LogP contribution in [0.3, 0.4) is 0 Å². The molecule has 0 aromatic rings. The van der Waals surface area contributed by atoms with Crippen molar-refractivity contribution in [1.82, 2.24) is 31.9 Å². The highest BCUT2D eigenvalue weighted by Gasteiger charge is 2.44. The highest BCUT2D eigenvalue weighted by Crippen LogP contribution is 2.29. The highest BCUT2D eigenvalue weighted by atomic mass is 16.7. The maximum atomic E-state index is 12.6. The number of nitrogens with one attached hydrogen (secondary N) is 6. The molecule has 3 fully saturated rings. The van der Waals surface area contributed by atoms with Crippen LogP contribution in [0.1, 0.15) is 116 Å². The van der Waals surface area contributed by atoms with Gasteiger partial charge in [0, 0.05) is 128 Å². The van der Waals surface area contributed by atoms with Crippen molar-refractivity contribution in [2.75, 3.05) is 119 Å². The van der Waals surface area contributed by atoms with Crippen molar-refractivity contribution in [1.29, 1.82) is 0 Å². The van der Waals surface area contributed by atoms with Gasteiger partial charge < -0.3 is 128 Å². The van der Waals surface area contributed by atoms with E-state index in [1.54, 1.807) is 0 Å². The van der Waals surface area contributed by atoms with Crippen LogP contribution in [0.25, 0.3) is 0 Å². The van der Waals surface area contributed by atoms with E-state index >= 15 is 0 Å². The van der Waals surface area contributed by atoms with E-state index in [0.29, 0.717) is 123 Å². The Morgan fingerprint density at radius 3 is 1.04 bits per heavy atom. The smallest absolute Gasteiger partial charge is 0.222 e.